The molecule has 0 bridgehead atoms. The summed E-state index contributed by atoms with van der Waals surface area (Å²) >= 11 is 0. The van der Waals surface area contributed by atoms with Crippen LogP contribution in [0.5, 0.6) is 0 Å². The van der Waals surface area contributed by atoms with Gasteiger partial charge in [-0.3, -0.25) is 14.2 Å². The first-order valence-corrected chi connectivity index (χ1v) is 9.49. The second-order valence-corrected chi connectivity index (χ2v) is 7.84. The van der Waals surface area contributed by atoms with Crippen molar-refractivity contribution in [3.63, 3.8) is 0 Å². The zero-order chi connectivity index (χ0) is 18.6. The molecule has 2 aromatic carbocycles. The smallest absolute Gasteiger partial charge is 0.266 e. The number of aromatic nitrogens is 2. The van der Waals surface area contributed by atoms with Crippen LogP contribution in [0.2, 0.25) is 0 Å². The van der Waals surface area contributed by atoms with Crippen LogP contribution >= 0.6 is 0 Å². The predicted molar refractivity (Wildman–Crippen MR) is 92.4 cm³/mol. The molecule has 0 spiro atoms. The van der Waals surface area contributed by atoms with Gasteiger partial charge >= 0.3 is 0 Å². The molecule has 1 aliphatic rings. The lowest BCUT2D eigenvalue weighted by Gasteiger charge is -2.07. The molecule has 0 atom stereocenters. The van der Waals surface area contributed by atoms with Gasteiger partial charge in [0.25, 0.3) is 5.56 Å². The van der Waals surface area contributed by atoms with Crippen LogP contribution in [-0.4, -0.2) is 30.0 Å². The van der Waals surface area contributed by atoms with E-state index in [0.717, 1.165) is 12.3 Å². The molecule has 0 aliphatic carbocycles. The lowest BCUT2D eigenvalue weighted by molar-refractivity contribution is 0.103. The Balaban J connectivity index is 1.89. The number of rotatable bonds is 3. The van der Waals surface area contributed by atoms with Gasteiger partial charge in [-0.1, -0.05) is 6.07 Å². The molecular weight excluding hydrogens is 361 g/mol. The van der Waals surface area contributed by atoms with Gasteiger partial charge in [0, 0.05) is 6.54 Å². The zero-order valence-electron chi connectivity index (χ0n) is 13.5. The molecule has 132 valence electrons. The molecular formula is C17H12FN3O4S. The van der Waals surface area contributed by atoms with Crippen molar-refractivity contribution in [3.05, 3.63) is 69.5 Å². The van der Waals surface area contributed by atoms with E-state index in [2.05, 4.69) is 9.71 Å². The van der Waals surface area contributed by atoms with Crippen LogP contribution in [0.25, 0.3) is 16.6 Å². The molecule has 0 fully saturated rings. The number of carbonyl (C=O) groups is 1. The van der Waals surface area contributed by atoms with Gasteiger partial charge < -0.3 is 0 Å². The summed E-state index contributed by atoms with van der Waals surface area (Å²) in [5, 5.41) is 0.279. The Morgan fingerprint density at radius 1 is 1.15 bits per heavy atom. The van der Waals surface area contributed by atoms with E-state index in [1.54, 1.807) is 12.1 Å². The summed E-state index contributed by atoms with van der Waals surface area (Å²) in [4.78, 5) is 29.6. The maximum Gasteiger partial charge on any atom is 0.266 e. The third-order valence-corrected chi connectivity index (χ3v) is 4.79. The van der Waals surface area contributed by atoms with Crippen LogP contribution in [0.1, 0.15) is 21.7 Å². The summed E-state index contributed by atoms with van der Waals surface area (Å²) in [5.41, 5.74) is 0.813. The van der Waals surface area contributed by atoms with Crippen molar-refractivity contribution in [2.24, 2.45) is 0 Å². The Labute approximate surface area is 147 Å². The Kier molecular flexibility index (Phi) is 3.53. The fraction of sp³-hybridized carbons (Fsp3) is 0.118. The largest absolute Gasteiger partial charge is 0.285 e. The van der Waals surface area contributed by atoms with Gasteiger partial charge in [0.05, 0.1) is 28.4 Å². The van der Waals surface area contributed by atoms with Crippen molar-refractivity contribution in [1.29, 1.82) is 0 Å². The number of sulfonamides is 1. The second-order valence-electron chi connectivity index (χ2n) is 6.01. The number of nitrogens with zero attached hydrogens (tertiary/aromatic N) is 2. The van der Waals surface area contributed by atoms with Crippen molar-refractivity contribution in [3.8, 4) is 5.69 Å². The minimum Gasteiger partial charge on any atom is -0.285 e. The van der Waals surface area contributed by atoms with Crippen LogP contribution < -0.4 is 10.3 Å². The van der Waals surface area contributed by atoms with E-state index in [9.17, 15) is 22.4 Å². The fourth-order valence-corrected chi connectivity index (χ4v) is 3.37. The number of hydrogen-bond acceptors (Lipinski definition) is 5. The topological polar surface area (TPSA) is 98.1 Å². The molecule has 1 aliphatic heterocycles. The normalized spacial score (nSPS) is 13.1. The van der Waals surface area contributed by atoms with Crippen molar-refractivity contribution in [2.75, 3.05) is 6.26 Å². The standard InChI is InChI=1S/C17H12FN3O4S/c1-26(24,25)19-8-9-2-4-11-13(6-9)20-16-15(22)12-7-10(18)3-5-14(12)21(16)17(11)23/h2-7,19H,8H2,1H3. The molecule has 0 unspecified atom stereocenters. The molecule has 4 rings (SSSR count). The van der Waals surface area contributed by atoms with E-state index in [4.69, 9.17) is 0 Å². The molecule has 3 aromatic rings. The fourth-order valence-electron chi connectivity index (χ4n) is 2.94. The SMILES string of the molecule is CS(=O)(=O)NCc1ccc2c(=O)n3c(nc2c1)C(=O)c1cc(F)ccc1-3. The lowest BCUT2D eigenvalue weighted by atomic mass is 10.1. The summed E-state index contributed by atoms with van der Waals surface area (Å²) in [6.07, 6.45) is 1.04. The first kappa shape index (κ1) is 16.6. The van der Waals surface area contributed by atoms with E-state index in [-0.39, 0.29) is 28.8 Å². The summed E-state index contributed by atoms with van der Waals surface area (Å²) in [6.45, 7) is 0.0360. The van der Waals surface area contributed by atoms with E-state index >= 15 is 0 Å². The van der Waals surface area contributed by atoms with E-state index < -0.39 is 27.2 Å². The highest BCUT2D eigenvalue weighted by atomic mass is 32.2. The monoisotopic (exact) mass is 373 g/mol. The highest BCUT2D eigenvalue weighted by Gasteiger charge is 2.30. The zero-order valence-corrected chi connectivity index (χ0v) is 14.3. The Hall–Kier alpha value is -2.91. The third-order valence-electron chi connectivity index (χ3n) is 4.12. The van der Waals surface area contributed by atoms with Gasteiger partial charge in [0.15, 0.2) is 5.82 Å². The number of halogens is 1. The van der Waals surface area contributed by atoms with Crippen molar-refractivity contribution >= 4 is 26.7 Å². The highest BCUT2D eigenvalue weighted by molar-refractivity contribution is 7.88. The predicted octanol–water partition coefficient (Wildman–Crippen LogP) is 1.12. The Morgan fingerprint density at radius 3 is 2.65 bits per heavy atom. The van der Waals surface area contributed by atoms with Crippen LogP contribution in [0.4, 0.5) is 4.39 Å². The van der Waals surface area contributed by atoms with Gasteiger partial charge in [0.1, 0.15) is 5.82 Å². The van der Waals surface area contributed by atoms with Crippen molar-refractivity contribution in [1.82, 2.24) is 14.3 Å². The Morgan fingerprint density at radius 2 is 1.92 bits per heavy atom. The molecule has 26 heavy (non-hydrogen) atoms. The number of fused-ring (bicyclic) bond motifs is 4. The molecule has 0 saturated heterocycles. The number of ketones is 1. The minimum absolute atomic E-state index is 0.0360. The molecule has 2 heterocycles. The van der Waals surface area contributed by atoms with Gasteiger partial charge in [-0.2, -0.15) is 0 Å². The minimum atomic E-state index is -3.37. The van der Waals surface area contributed by atoms with Crippen LogP contribution in [0.3, 0.4) is 0 Å². The molecule has 1 N–H and O–H groups in total. The number of benzene rings is 2. The third kappa shape index (κ3) is 2.61. The van der Waals surface area contributed by atoms with Gasteiger partial charge in [-0.25, -0.2) is 22.5 Å². The Bertz CT molecular complexity index is 1260. The molecule has 0 saturated carbocycles. The molecule has 0 amide bonds. The van der Waals surface area contributed by atoms with Crippen LogP contribution in [0, 0.1) is 5.82 Å². The van der Waals surface area contributed by atoms with E-state index in [1.807, 2.05) is 0 Å². The molecule has 9 heteroatoms. The van der Waals surface area contributed by atoms with Gasteiger partial charge in [-0.05, 0) is 35.9 Å². The molecule has 7 nitrogen and oxygen atoms in total. The van der Waals surface area contributed by atoms with Crippen LogP contribution in [-0.2, 0) is 16.6 Å². The molecule has 0 radical (unpaired) electrons. The summed E-state index contributed by atoms with van der Waals surface area (Å²) in [6, 6.07) is 8.32. The average Bonchev–Trinajstić information content (AvgIpc) is 2.85. The maximum atomic E-state index is 13.5. The first-order valence-electron chi connectivity index (χ1n) is 7.59. The maximum absolute atomic E-state index is 13.5. The number of nitrogens with one attached hydrogen (secondary N) is 1. The molecule has 1 aromatic heterocycles. The summed E-state index contributed by atoms with van der Waals surface area (Å²) in [5.74, 6) is -1.19. The highest BCUT2D eigenvalue weighted by Crippen LogP contribution is 2.27. The van der Waals surface area contributed by atoms with Crippen molar-refractivity contribution in [2.45, 2.75) is 6.54 Å². The van der Waals surface area contributed by atoms with Crippen LogP contribution in [0.15, 0.2) is 41.2 Å². The van der Waals surface area contributed by atoms with Crippen molar-refractivity contribution < 1.29 is 17.6 Å². The number of carbonyl (C=O) groups excluding carboxylic acids is 1. The lowest BCUT2D eigenvalue weighted by Crippen LogP contribution is -2.23. The quantitative estimate of drug-likeness (QED) is 0.580. The van der Waals surface area contributed by atoms with E-state index in [0.29, 0.717) is 11.3 Å². The summed E-state index contributed by atoms with van der Waals surface area (Å²) in [7, 11) is -3.37. The van der Waals surface area contributed by atoms with E-state index in [1.165, 1.54) is 22.8 Å². The van der Waals surface area contributed by atoms with Gasteiger partial charge in [0.2, 0.25) is 15.8 Å². The summed E-state index contributed by atoms with van der Waals surface area (Å²) < 4.78 is 39.4. The van der Waals surface area contributed by atoms with Gasteiger partial charge in [-0.15, -0.1) is 0 Å². The first-order chi connectivity index (χ1) is 12.2. The second kappa shape index (κ2) is 5.55. The number of hydrogen-bond donors (Lipinski definition) is 1. The average molecular weight is 373 g/mol.